The van der Waals surface area contributed by atoms with E-state index in [1.54, 1.807) is 0 Å². The molecule has 9 heteroatoms. The number of nitrogens with zero attached hydrogens (tertiary/aromatic N) is 2. The van der Waals surface area contributed by atoms with Gasteiger partial charge in [0.2, 0.25) is 0 Å². The Morgan fingerprint density at radius 1 is 1.31 bits per heavy atom. The van der Waals surface area contributed by atoms with E-state index in [0.717, 1.165) is 0 Å². The Hall–Kier alpha value is -1.64. The van der Waals surface area contributed by atoms with Gasteiger partial charge >= 0.3 is 0 Å². The molecule has 0 bridgehead atoms. The molecule has 0 heterocycles. The molecule has 1 atom stereocenters. The highest BCUT2D eigenvalue weighted by Gasteiger charge is 2.14. The second kappa shape index (κ2) is 5.94. The number of aliphatic hydroxyl groups excluding tert-OH is 1. The fraction of sp³-hybridized carbons (Fsp3) is 1.00. The van der Waals surface area contributed by atoms with Crippen LogP contribution in [0.2, 0.25) is 0 Å². The second-order valence-electron chi connectivity index (χ2n) is 1.98. The van der Waals surface area contributed by atoms with Gasteiger partial charge in [0, 0.05) is 6.61 Å². The molecular formula is C4H8N2O7. The third-order valence-electron chi connectivity index (χ3n) is 1.05. The van der Waals surface area contributed by atoms with Crippen LogP contribution in [0.3, 0.4) is 0 Å². The molecule has 1 N–H and O–H groups in total. The molecule has 0 aliphatic rings. The van der Waals surface area contributed by atoms with Crippen LogP contribution in [0.5, 0.6) is 0 Å². The summed E-state index contributed by atoms with van der Waals surface area (Å²) in [5.74, 6) is 0. The first-order chi connectivity index (χ1) is 6.06. The lowest BCUT2D eigenvalue weighted by atomic mass is 10.3. The molecule has 0 saturated heterocycles. The van der Waals surface area contributed by atoms with E-state index >= 15 is 0 Å². The van der Waals surface area contributed by atoms with Crippen LogP contribution in [0.25, 0.3) is 0 Å². The van der Waals surface area contributed by atoms with Crippen LogP contribution >= 0.6 is 0 Å². The molecule has 0 rings (SSSR count). The van der Waals surface area contributed by atoms with Crippen LogP contribution in [-0.4, -0.2) is 34.6 Å². The van der Waals surface area contributed by atoms with E-state index in [2.05, 4.69) is 9.68 Å². The average molecular weight is 196 g/mol. The Labute approximate surface area is 72.1 Å². The topological polar surface area (TPSA) is 125 Å². The van der Waals surface area contributed by atoms with Gasteiger partial charge in [-0.3, -0.25) is 0 Å². The summed E-state index contributed by atoms with van der Waals surface area (Å²) in [5, 5.41) is 25.7. The lowest BCUT2D eigenvalue weighted by molar-refractivity contribution is -0.790. The lowest BCUT2D eigenvalue weighted by Gasteiger charge is -2.11. The van der Waals surface area contributed by atoms with Gasteiger partial charge in [0.25, 0.3) is 10.2 Å². The molecule has 0 aromatic heterocycles. The van der Waals surface area contributed by atoms with Gasteiger partial charge in [-0.1, -0.05) is 0 Å². The molecule has 0 radical (unpaired) electrons. The van der Waals surface area contributed by atoms with Crippen molar-refractivity contribution in [1.29, 1.82) is 0 Å². The maximum Gasteiger partial charge on any atom is 0.294 e. The van der Waals surface area contributed by atoms with Crippen molar-refractivity contribution in [3.05, 3.63) is 20.2 Å². The van der Waals surface area contributed by atoms with Gasteiger partial charge in [-0.05, 0) is 6.42 Å². The summed E-state index contributed by atoms with van der Waals surface area (Å²) in [6.07, 6.45) is -1.22. The minimum atomic E-state index is -1.12. The summed E-state index contributed by atoms with van der Waals surface area (Å²) in [6.45, 7) is -0.950. The van der Waals surface area contributed by atoms with Crippen molar-refractivity contribution in [2.45, 2.75) is 12.5 Å². The maximum absolute atomic E-state index is 9.81. The number of rotatable bonds is 7. The van der Waals surface area contributed by atoms with E-state index in [1.807, 2.05) is 0 Å². The molecule has 0 spiro atoms. The molecule has 0 unspecified atom stereocenters. The normalized spacial score (nSPS) is 11.8. The fourth-order valence-electron chi connectivity index (χ4n) is 0.576. The number of aliphatic hydroxyl groups is 1. The molecule has 9 nitrogen and oxygen atoms in total. The van der Waals surface area contributed by atoms with Crippen molar-refractivity contribution in [2.75, 3.05) is 13.2 Å². The molecular weight excluding hydrogens is 188 g/mol. The van der Waals surface area contributed by atoms with Crippen LogP contribution in [-0.2, 0) is 9.68 Å². The molecule has 13 heavy (non-hydrogen) atoms. The van der Waals surface area contributed by atoms with Crippen LogP contribution in [0, 0.1) is 20.2 Å². The Morgan fingerprint density at radius 3 is 2.31 bits per heavy atom. The standard InChI is InChI=1S/C4H8N2O7/c7-2-1-4(13-6(10)11)3-12-5(8)9/h4,7H,1-3H2/t4-/m0/s1. The summed E-state index contributed by atoms with van der Waals surface area (Å²) in [6, 6.07) is 0. The fourth-order valence-corrected chi connectivity index (χ4v) is 0.576. The average Bonchev–Trinajstić information content (AvgIpc) is 1.99. The molecule has 0 amide bonds. The highest BCUT2D eigenvalue weighted by Crippen LogP contribution is 1.99. The van der Waals surface area contributed by atoms with E-state index in [4.69, 9.17) is 5.11 Å². The van der Waals surface area contributed by atoms with E-state index in [1.165, 1.54) is 0 Å². The Balaban J connectivity index is 3.79. The van der Waals surface area contributed by atoms with Gasteiger partial charge in [-0.15, -0.1) is 20.2 Å². The molecule has 0 aliphatic heterocycles. The van der Waals surface area contributed by atoms with Crippen LogP contribution in [0.15, 0.2) is 0 Å². The first-order valence-corrected chi connectivity index (χ1v) is 3.25. The molecule has 0 fully saturated rings. The van der Waals surface area contributed by atoms with Crippen LogP contribution in [0.1, 0.15) is 6.42 Å². The Kier molecular flexibility index (Phi) is 5.19. The van der Waals surface area contributed by atoms with Crippen molar-refractivity contribution < 1.29 is 25.0 Å². The third kappa shape index (κ3) is 6.75. The highest BCUT2D eigenvalue weighted by molar-refractivity contribution is 4.51. The molecule has 0 aromatic rings. The smallest absolute Gasteiger partial charge is 0.294 e. The zero-order valence-corrected chi connectivity index (χ0v) is 6.49. The van der Waals surface area contributed by atoms with Crippen LogP contribution < -0.4 is 0 Å². The van der Waals surface area contributed by atoms with Crippen molar-refractivity contribution in [1.82, 2.24) is 0 Å². The molecule has 0 aromatic carbocycles. The zero-order chi connectivity index (χ0) is 10.3. The second-order valence-corrected chi connectivity index (χ2v) is 1.98. The number of hydrogen-bond acceptors (Lipinski definition) is 7. The summed E-state index contributed by atoms with van der Waals surface area (Å²) in [4.78, 5) is 27.3. The third-order valence-corrected chi connectivity index (χ3v) is 1.05. The van der Waals surface area contributed by atoms with Gasteiger partial charge in [0.15, 0.2) is 0 Å². The van der Waals surface area contributed by atoms with Gasteiger partial charge in [0.1, 0.15) is 12.7 Å². The Morgan fingerprint density at radius 2 is 1.92 bits per heavy atom. The minimum Gasteiger partial charge on any atom is -0.396 e. The lowest BCUT2D eigenvalue weighted by Crippen LogP contribution is -2.25. The van der Waals surface area contributed by atoms with E-state index < -0.39 is 22.9 Å². The summed E-state index contributed by atoms with van der Waals surface area (Å²) >= 11 is 0. The van der Waals surface area contributed by atoms with E-state index in [0.29, 0.717) is 0 Å². The summed E-state index contributed by atoms with van der Waals surface area (Å²) in [7, 11) is 0. The maximum atomic E-state index is 9.81. The largest absolute Gasteiger partial charge is 0.396 e. The predicted octanol–water partition coefficient (Wildman–Crippen LogP) is -0.846. The SMILES string of the molecule is O=[N+]([O-])OC[C@H](CCO)O[N+](=O)[O-]. The molecule has 0 aliphatic carbocycles. The number of hydrogen-bond donors (Lipinski definition) is 1. The van der Waals surface area contributed by atoms with E-state index in [-0.39, 0.29) is 13.0 Å². The van der Waals surface area contributed by atoms with Gasteiger partial charge in [-0.25, -0.2) is 0 Å². The van der Waals surface area contributed by atoms with Crippen LogP contribution in [0.4, 0.5) is 0 Å². The van der Waals surface area contributed by atoms with Crippen molar-refractivity contribution in [2.24, 2.45) is 0 Å². The van der Waals surface area contributed by atoms with Crippen molar-refractivity contribution >= 4 is 0 Å². The predicted molar refractivity (Wildman–Crippen MR) is 36.5 cm³/mol. The summed E-state index contributed by atoms with van der Waals surface area (Å²) < 4.78 is 0. The van der Waals surface area contributed by atoms with Gasteiger partial charge < -0.3 is 14.8 Å². The van der Waals surface area contributed by atoms with Gasteiger partial charge in [-0.2, -0.15) is 0 Å². The minimum absolute atomic E-state index is 0.102. The highest BCUT2D eigenvalue weighted by atomic mass is 17.0. The quantitative estimate of drug-likeness (QED) is 0.415. The van der Waals surface area contributed by atoms with Crippen molar-refractivity contribution in [3.8, 4) is 0 Å². The monoisotopic (exact) mass is 196 g/mol. The zero-order valence-electron chi connectivity index (χ0n) is 6.49. The first-order valence-electron chi connectivity index (χ1n) is 3.25. The molecule has 0 saturated carbocycles. The first kappa shape index (κ1) is 11.4. The summed E-state index contributed by atoms with van der Waals surface area (Å²) in [5.41, 5.74) is 0. The van der Waals surface area contributed by atoms with Gasteiger partial charge in [0.05, 0.1) is 0 Å². The molecule has 76 valence electrons. The van der Waals surface area contributed by atoms with E-state index in [9.17, 15) is 20.2 Å². The van der Waals surface area contributed by atoms with Crippen molar-refractivity contribution in [3.63, 3.8) is 0 Å². The Bertz CT molecular complexity index is 183.